The summed E-state index contributed by atoms with van der Waals surface area (Å²) in [5.41, 5.74) is 2.82. The smallest absolute Gasteiger partial charge is 0.231 e. The lowest BCUT2D eigenvalue weighted by molar-refractivity contribution is -0.117. The van der Waals surface area contributed by atoms with Gasteiger partial charge < -0.3 is 10.4 Å². The minimum absolute atomic E-state index is 0.129. The van der Waals surface area contributed by atoms with Gasteiger partial charge in [-0.1, -0.05) is 17.7 Å². The van der Waals surface area contributed by atoms with Crippen LogP contribution in [-0.2, 0) is 4.79 Å². The van der Waals surface area contributed by atoms with Crippen LogP contribution in [0.5, 0.6) is 5.75 Å². The SMILES string of the molecule is Cc1n[nH]c(C)c1[C@@H](C)C(=O)Nc1cccc(Cl)c1O. The molecule has 0 aliphatic heterocycles. The van der Waals surface area contributed by atoms with Gasteiger partial charge in [0.1, 0.15) is 0 Å². The largest absolute Gasteiger partial charge is 0.504 e. The molecule has 0 saturated carbocycles. The number of para-hydroxylation sites is 1. The van der Waals surface area contributed by atoms with Crippen molar-refractivity contribution in [1.29, 1.82) is 0 Å². The summed E-state index contributed by atoms with van der Waals surface area (Å²) in [5.74, 6) is -0.738. The second kappa shape index (κ2) is 5.54. The summed E-state index contributed by atoms with van der Waals surface area (Å²) in [5, 5.41) is 19.6. The van der Waals surface area contributed by atoms with Crippen LogP contribution in [0.1, 0.15) is 29.8 Å². The molecule has 1 heterocycles. The van der Waals surface area contributed by atoms with E-state index in [9.17, 15) is 9.90 Å². The number of aryl methyl sites for hydroxylation is 2. The summed E-state index contributed by atoms with van der Waals surface area (Å²) in [6, 6.07) is 4.82. The summed E-state index contributed by atoms with van der Waals surface area (Å²) in [6.45, 7) is 5.51. The Balaban J connectivity index is 2.22. The molecule has 1 atom stereocenters. The molecule has 1 aromatic heterocycles. The predicted molar refractivity (Wildman–Crippen MR) is 78.2 cm³/mol. The van der Waals surface area contributed by atoms with Gasteiger partial charge in [0.25, 0.3) is 0 Å². The maximum Gasteiger partial charge on any atom is 0.231 e. The Morgan fingerprint density at radius 2 is 2.15 bits per heavy atom. The number of anilines is 1. The number of rotatable bonds is 3. The molecule has 0 saturated heterocycles. The monoisotopic (exact) mass is 293 g/mol. The molecule has 0 radical (unpaired) electrons. The van der Waals surface area contributed by atoms with Gasteiger partial charge in [-0.2, -0.15) is 5.10 Å². The highest BCUT2D eigenvalue weighted by Gasteiger charge is 2.22. The number of nitrogens with one attached hydrogen (secondary N) is 2. The van der Waals surface area contributed by atoms with Gasteiger partial charge in [0.05, 0.1) is 22.3 Å². The Morgan fingerprint density at radius 1 is 1.45 bits per heavy atom. The number of carbonyl (C=O) groups is 1. The topological polar surface area (TPSA) is 78.0 Å². The Morgan fingerprint density at radius 3 is 2.75 bits per heavy atom. The van der Waals surface area contributed by atoms with E-state index in [0.29, 0.717) is 5.69 Å². The molecule has 6 heteroatoms. The minimum Gasteiger partial charge on any atom is -0.504 e. The van der Waals surface area contributed by atoms with Crippen molar-refractivity contribution in [2.75, 3.05) is 5.32 Å². The lowest BCUT2D eigenvalue weighted by atomic mass is 9.98. The maximum absolute atomic E-state index is 12.3. The van der Waals surface area contributed by atoms with Crippen molar-refractivity contribution in [3.63, 3.8) is 0 Å². The number of aromatic hydroxyl groups is 1. The Kier molecular flexibility index (Phi) is 3.99. The first-order chi connectivity index (χ1) is 9.41. The third kappa shape index (κ3) is 2.63. The molecule has 0 bridgehead atoms. The van der Waals surface area contributed by atoms with Gasteiger partial charge in [0, 0.05) is 11.3 Å². The van der Waals surface area contributed by atoms with Gasteiger partial charge in [-0.3, -0.25) is 9.89 Å². The van der Waals surface area contributed by atoms with Crippen LogP contribution in [0.2, 0.25) is 5.02 Å². The van der Waals surface area contributed by atoms with Gasteiger partial charge in [0.2, 0.25) is 5.91 Å². The molecule has 1 aromatic carbocycles. The highest BCUT2D eigenvalue weighted by molar-refractivity contribution is 6.32. The molecule has 0 fully saturated rings. The zero-order chi connectivity index (χ0) is 14.9. The van der Waals surface area contributed by atoms with Crippen molar-refractivity contribution < 1.29 is 9.90 Å². The number of hydrogen-bond donors (Lipinski definition) is 3. The van der Waals surface area contributed by atoms with Crippen LogP contribution in [0.4, 0.5) is 5.69 Å². The number of H-pyrrole nitrogens is 1. The molecule has 5 nitrogen and oxygen atoms in total. The number of phenolic OH excluding ortho intramolecular Hbond substituents is 1. The highest BCUT2D eigenvalue weighted by atomic mass is 35.5. The summed E-state index contributed by atoms with van der Waals surface area (Å²) in [6.07, 6.45) is 0. The number of phenols is 1. The number of halogens is 1. The van der Waals surface area contributed by atoms with E-state index in [1.165, 1.54) is 0 Å². The summed E-state index contributed by atoms with van der Waals surface area (Å²) in [7, 11) is 0. The lowest BCUT2D eigenvalue weighted by Crippen LogP contribution is -2.19. The third-order valence-electron chi connectivity index (χ3n) is 3.26. The van der Waals surface area contributed by atoms with Crippen LogP contribution in [0.3, 0.4) is 0 Å². The van der Waals surface area contributed by atoms with E-state index < -0.39 is 0 Å². The fourth-order valence-electron chi connectivity index (χ4n) is 2.19. The average Bonchev–Trinajstić information content (AvgIpc) is 2.73. The standard InChI is InChI=1S/C14H16ClN3O2/c1-7(12-8(2)17-18-9(12)3)14(20)16-11-6-4-5-10(15)13(11)19/h4-7,19H,1-3H3,(H,16,20)(H,17,18)/t7-/m1/s1. The predicted octanol–water partition coefficient (Wildman–Crippen LogP) is 3.13. The zero-order valence-electron chi connectivity index (χ0n) is 11.5. The number of aromatic amines is 1. The van der Waals surface area contributed by atoms with E-state index in [2.05, 4.69) is 15.5 Å². The average molecular weight is 294 g/mol. The maximum atomic E-state index is 12.3. The molecule has 0 aliphatic carbocycles. The molecular formula is C14H16ClN3O2. The van der Waals surface area contributed by atoms with E-state index in [0.717, 1.165) is 17.0 Å². The molecule has 1 amide bonds. The number of nitrogens with zero attached hydrogens (tertiary/aromatic N) is 1. The molecule has 2 rings (SSSR count). The van der Waals surface area contributed by atoms with Crippen molar-refractivity contribution in [1.82, 2.24) is 10.2 Å². The Bertz CT molecular complexity index is 632. The van der Waals surface area contributed by atoms with E-state index >= 15 is 0 Å². The van der Waals surface area contributed by atoms with Gasteiger partial charge >= 0.3 is 0 Å². The number of aromatic nitrogens is 2. The van der Waals surface area contributed by atoms with Crippen molar-refractivity contribution in [2.24, 2.45) is 0 Å². The Hall–Kier alpha value is -2.01. The summed E-state index contributed by atoms with van der Waals surface area (Å²) in [4.78, 5) is 12.3. The minimum atomic E-state index is -0.382. The first-order valence-corrected chi connectivity index (χ1v) is 6.59. The molecule has 2 aromatic rings. The summed E-state index contributed by atoms with van der Waals surface area (Å²) >= 11 is 5.81. The van der Waals surface area contributed by atoms with Gasteiger partial charge in [-0.15, -0.1) is 0 Å². The number of amides is 1. The fraction of sp³-hybridized carbons (Fsp3) is 0.286. The van der Waals surface area contributed by atoms with Crippen LogP contribution in [0.15, 0.2) is 18.2 Å². The third-order valence-corrected chi connectivity index (χ3v) is 3.56. The van der Waals surface area contributed by atoms with E-state index in [-0.39, 0.29) is 22.6 Å². The molecule has 0 unspecified atom stereocenters. The molecule has 0 aliphatic rings. The van der Waals surface area contributed by atoms with Crippen molar-refractivity contribution in [3.05, 3.63) is 40.2 Å². The molecular weight excluding hydrogens is 278 g/mol. The summed E-state index contributed by atoms with van der Waals surface area (Å²) < 4.78 is 0. The first-order valence-electron chi connectivity index (χ1n) is 6.21. The van der Waals surface area contributed by atoms with Crippen molar-refractivity contribution in [2.45, 2.75) is 26.7 Å². The molecule has 20 heavy (non-hydrogen) atoms. The van der Waals surface area contributed by atoms with Crippen LogP contribution in [-0.4, -0.2) is 21.2 Å². The highest BCUT2D eigenvalue weighted by Crippen LogP contribution is 2.32. The molecule has 3 N–H and O–H groups in total. The Labute approximate surface area is 122 Å². The normalized spacial score (nSPS) is 12.2. The van der Waals surface area contributed by atoms with Crippen LogP contribution in [0.25, 0.3) is 0 Å². The van der Waals surface area contributed by atoms with Gasteiger partial charge in [-0.25, -0.2) is 0 Å². The van der Waals surface area contributed by atoms with Crippen LogP contribution in [0, 0.1) is 13.8 Å². The van der Waals surface area contributed by atoms with Crippen LogP contribution < -0.4 is 5.32 Å². The van der Waals surface area contributed by atoms with Crippen LogP contribution >= 0.6 is 11.6 Å². The second-order valence-corrected chi connectivity index (χ2v) is 5.10. The van der Waals surface area contributed by atoms with Crippen molar-refractivity contribution >= 4 is 23.2 Å². The number of hydrogen-bond acceptors (Lipinski definition) is 3. The lowest BCUT2D eigenvalue weighted by Gasteiger charge is -2.14. The number of carbonyl (C=O) groups excluding carboxylic acids is 1. The molecule has 0 spiro atoms. The van der Waals surface area contributed by atoms with E-state index in [1.54, 1.807) is 25.1 Å². The first kappa shape index (κ1) is 14.4. The zero-order valence-corrected chi connectivity index (χ0v) is 12.2. The second-order valence-electron chi connectivity index (χ2n) is 4.69. The quantitative estimate of drug-likeness (QED) is 0.761. The van der Waals surface area contributed by atoms with Gasteiger partial charge in [0.15, 0.2) is 5.75 Å². The van der Waals surface area contributed by atoms with E-state index in [4.69, 9.17) is 11.6 Å². The van der Waals surface area contributed by atoms with E-state index in [1.807, 2.05) is 13.8 Å². The fourth-order valence-corrected chi connectivity index (χ4v) is 2.36. The van der Waals surface area contributed by atoms with Gasteiger partial charge in [-0.05, 0) is 32.9 Å². The molecule has 106 valence electrons. The van der Waals surface area contributed by atoms with Crippen molar-refractivity contribution in [3.8, 4) is 5.75 Å². The number of benzene rings is 1.